The van der Waals surface area contributed by atoms with Crippen LogP contribution >= 0.6 is 22.9 Å². The van der Waals surface area contributed by atoms with Gasteiger partial charge in [-0.15, -0.1) is 11.3 Å². The van der Waals surface area contributed by atoms with Crippen LogP contribution in [0.5, 0.6) is 0 Å². The van der Waals surface area contributed by atoms with E-state index in [-0.39, 0.29) is 0 Å². The molecule has 0 aliphatic heterocycles. The van der Waals surface area contributed by atoms with Crippen molar-refractivity contribution in [2.45, 2.75) is 32.2 Å². The Bertz CT molecular complexity index is 497. The zero-order valence-corrected chi connectivity index (χ0v) is 12.8. The normalized spacial score (nSPS) is 12.8. The second-order valence-electron chi connectivity index (χ2n) is 4.94. The lowest BCUT2D eigenvalue weighted by atomic mass is 9.95. The molecule has 1 aromatic carbocycles. The van der Waals surface area contributed by atoms with Crippen molar-refractivity contribution < 1.29 is 0 Å². The molecule has 102 valence electrons. The zero-order chi connectivity index (χ0) is 13.7. The van der Waals surface area contributed by atoms with Crippen LogP contribution < -0.4 is 5.32 Å². The van der Waals surface area contributed by atoms with Crippen LogP contribution in [0.15, 0.2) is 35.8 Å². The monoisotopic (exact) mass is 294 g/mol. The van der Waals surface area contributed by atoms with Crippen molar-refractivity contribution in [3.8, 4) is 0 Å². The van der Waals surface area contributed by atoms with E-state index in [0.717, 1.165) is 18.0 Å². The van der Waals surface area contributed by atoms with Gasteiger partial charge in [0.25, 0.3) is 0 Å². The van der Waals surface area contributed by atoms with Crippen molar-refractivity contribution in [2.24, 2.45) is 0 Å². The summed E-state index contributed by atoms with van der Waals surface area (Å²) in [5.41, 5.74) is 1.27. The van der Waals surface area contributed by atoms with Crippen LogP contribution in [-0.2, 0) is 6.42 Å². The van der Waals surface area contributed by atoms with Crippen LogP contribution in [0.25, 0.3) is 0 Å². The highest BCUT2D eigenvalue weighted by atomic mass is 35.5. The molecular weight excluding hydrogens is 276 g/mol. The number of aromatic nitrogens is 1. The van der Waals surface area contributed by atoms with Gasteiger partial charge in [0.15, 0.2) is 0 Å². The standard InChI is InChI=1S/C15H19ClN2S/c1-11(2)18-10-13(9-15-17-6-7-19-15)12-4-3-5-14(16)8-12/h3-8,11,13,18H,9-10H2,1-2H3. The van der Waals surface area contributed by atoms with Crippen molar-refractivity contribution in [3.05, 3.63) is 51.4 Å². The molecule has 0 bridgehead atoms. The highest BCUT2D eigenvalue weighted by Crippen LogP contribution is 2.24. The molecule has 0 spiro atoms. The first-order chi connectivity index (χ1) is 9.15. The van der Waals surface area contributed by atoms with Gasteiger partial charge in [-0.05, 0) is 17.7 Å². The first kappa shape index (κ1) is 14.5. The van der Waals surface area contributed by atoms with E-state index in [1.54, 1.807) is 11.3 Å². The van der Waals surface area contributed by atoms with Crippen LogP contribution in [0.1, 0.15) is 30.3 Å². The molecule has 19 heavy (non-hydrogen) atoms. The van der Waals surface area contributed by atoms with Gasteiger partial charge < -0.3 is 5.32 Å². The minimum atomic E-state index is 0.409. The molecule has 2 nitrogen and oxygen atoms in total. The Kier molecular flexibility index (Phi) is 5.37. The van der Waals surface area contributed by atoms with Crippen LogP contribution in [0.2, 0.25) is 5.02 Å². The Morgan fingerprint density at radius 2 is 2.21 bits per heavy atom. The smallest absolute Gasteiger partial charge is 0.0931 e. The van der Waals surface area contributed by atoms with Crippen LogP contribution in [-0.4, -0.2) is 17.6 Å². The molecule has 2 aromatic rings. The fourth-order valence-electron chi connectivity index (χ4n) is 2.01. The minimum Gasteiger partial charge on any atom is -0.314 e. The van der Waals surface area contributed by atoms with E-state index in [4.69, 9.17) is 11.6 Å². The summed E-state index contributed by atoms with van der Waals surface area (Å²) in [5, 5.41) is 7.51. The van der Waals surface area contributed by atoms with Crippen molar-refractivity contribution in [1.82, 2.24) is 10.3 Å². The number of halogens is 1. The van der Waals surface area contributed by atoms with E-state index < -0.39 is 0 Å². The molecule has 1 aromatic heterocycles. The number of nitrogens with zero attached hydrogens (tertiary/aromatic N) is 1. The lowest BCUT2D eigenvalue weighted by molar-refractivity contribution is 0.526. The average molecular weight is 295 g/mol. The van der Waals surface area contributed by atoms with Gasteiger partial charge in [-0.3, -0.25) is 0 Å². The molecule has 0 fully saturated rings. The lowest BCUT2D eigenvalue weighted by Crippen LogP contribution is -2.28. The van der Waals surface area contributed by atoms with Gasteiger partial charge in [0.1, 0.15) is 0 Å². The van der Waals surface area contributed by atoms with Gasteiger partial charge in [-0.25, -0.2) is 4.98 Å². The maximum atomic E-state index is 6.10. The Balaban J connectivity index is 2.13. The van der Waals surface area contributed by atoms with Gasteiger partial charge in [0, 0.05) is 41.5 Å². The summed E-state index contributed by atoms with van der Waals surface area (Å²) in [7, 11) is 0. The predicted molar refractivity (Wildman–Crippen MR) is 83.1 cm³/mol. The summed E-state index contributed by atoms with van der Waals surface area (Å²) >= 11 is 7.81. The largest absolute Gasteiger partial charge is 0.314 e. The molecular formula is C15H19ClN2S. The third-order valence-corrected chi connectivity index (χ3v) is 4.03. The highest BCUT2D eigenvalue weighted by molar-refractivity contribution is 7.09. The molecule has 0 radical (unpaired) electrons. The fraction of sp³-hybridized carbons (Fsp3) is 0.400. The second-order valence-corrected chi connectivity index (χ2v) is 6.36. The first-order valence-electron chi connectivity index (χ1n) is 6.52. The van der Waals surface area contributed by atoms with E-state index in [1.165, 1.54) is 10.6 Å². The second kappa shape index (κ2) is 7.04. The van der Waals surface area contributed by atoms with Gasteiger partial charge >= 0.3 is 0 Å². The minimum absolute atomic E-state index is 0.409. The number of thiazole rings is 1. The predicted octanol–water partition coefficient (Wildman–Crippen LogP) is 4.12. The lowest BCUT2D eigenvalue weighted by Gasteiger charge is -2.19. The molecule has 1 atom stereocenters. The van der Waals surface area contributed by atoms with Crippen LogP contribution in [0, 0.1) is 0 Å². The molecule has 1 unspecified atom stereocenters. The van der Waals surface area contributed by atoms with Gasteiger partial charge in [0.05, 0.1) is 5.01 Å². The third kappa shape index (κ3) is 4.60. The number of rotatable bonds is 6. The Hall–Kier alpha value is -0.900. The van der Waals surface area contributed by atoms with Crippen molar-refractivity contribution in [2.75, 3.05) is 6.54 Å². The Morgan fingerprint density at radius 1 is 1.37 bits per heavy atom. The molecule has 0 aliphatic carbocycles. The quantitative estimate of drug-likeness (QED) is 0.867. The Morgan fingerprint density at radius 3 is 2.84 bits per heavy atom. The maximum absolute atomic E-state index is 6.10. The molecule has 4 heteroatoms. The first-order valence-corrected chi connectivity index (χ1v) is 7.78. The zero-order valence-electron chi connectivity index (χ0n) is 11.3. The summed E-state index contributed by atoms with van der Waals surface area (Å²) < 4.78 is 0. The van der Waals surface area contributed by atoms with Crippen LogP contribution in [0.4, 0.5) is 0 Å². The molecule has 0 aliphatic rings. The molecule has 1 N–H and O–H groups in total. The van der Waals surface area contributed by atoms with E-state index in [2.05, 4.69) is 36.3 Å². The summed E-state index contributed by atoms with van der Waals surface area (Å²) in [6.45, 7) is 5.27. The van der Waals surface area contributed by atoms with Gasteiger partial charge in [0.2, 0.25) is 0 Å². The van der Waals surface area contributed by atoms with E-state index in [9.17, 15) is 0 Å². The third-order valence-electron chi connectivity index (χ3n) is 3.00. The molecule has 2 rings (SSSR count). The topological polar surface area (TPSA) is 24.9 Å². The maximum Gasteiger partial charge on any atom is 0.0931 e. The van der Waals surface area contributed by atoms with Crippen LogP contribution in [0.3, 0.4) is 0 Å². The van der Waals surface area contributed by atoms with E-state index in [1.807, 2.05) is 23.7 Å². The molecule has 0 saturated carbocycles. The summed E-state index contributed by atoms with van der Waals surface area (Å²) in [5.74, 6) is 0.409. The van der Waals surface area contributed by atoms with E-state index in [0.29, 0.717) is 12.0 Å². The Labute approximate surface area is 123 Å². The average Bonchev–Trinajstić information content (AvgIpc) is 2.87. The SMILES string of the molecule is CC(C)NCC(Cc1nccs1)c1cccc(Cl)c1. The number of benzene rings is 1. The summed E-state index contributed by atoms with van der Waals surface area (Å²) in [4.78, 5) is 4.39. The fourth-order valence-corrected chi connectivity index (χ4v) is 2.91. The van der Waals surface area contributed by atoms with Gasteiger partial charge in [-0.2, -0.15) is 0 Å². The molecule has 0 amide bonds. The highest BCUT2D eigenvalue weighted by Gasteiger charge is 2.14. The number of hydrogen-bond acceptors (Lipinski definition) is 3. The molecule has 0 saturated heterocycles. The van der Waals surface area contributed by atoms with E-state index >= 15 is 0 Å². The number of hydrogen-bond donors (Lipinski definition) is 1. The van der Waals surface area contributed by atoms with Crippen molar-refractivity contribution >= 4 is 22.9 Å². The van der Waals surface area contributed by atoms with Crippen molar-refractivity contribution in [1.29, 1.82) is 0 Å². The summed E-state index contributed by atoms with van der Waals surface area (Å²) in [6.07, 6.45) is 2.82. The summed E-state index contributed by atoms with van der Waals surface area (Å²) in [6, 6.07) is 8.62. The molecule has 1 heterocycles. The number of nitrogens with one attached hydrogen (secondary N) is 1. The van der Waals surface area contributed by atoms with Gasteiger partial charge in [-0.1, -0.05) is 37.6 Å². The van der Waals surface area contributed by atoms with Crippen molar-refractivity contribution in [3.63, 3.8) is 0 Å².